The second kappa shape index (κ2) is 6.11. The minimum absolute atomic E-state index is 0.0975. The largest absolute Gasteiger partial charge is 0.458 e. The standard InChI is InChI=1S/C23H27FO7/c1-11(25)30-10-18(28)22(29)17(27)8-13-14-7-16(24)15-6-12(26)4-5-20(15,2)23(14)19(31-23)9-21(13,22)3/h4-6,13-14,16-17,19,27,29H,7-10H2,1-3H3/t13?,14?,16-,17+,19?,20-,21-,22-,23?/m0/s1. The number of fused-ring (bicyclic) bond motifs is 3. The molecule has 3 saturated carbocycles. The molecule has 0 amide bonds. The molecule has 4 fully saturated rings. The molecule has 31 heavy (non-hydrogen) atoms. The van der Waals surface area contributed by atoms with Crippen LogP contribution in [0.5, 0.6) is 0 Å². The zero-order valence-electron chi connectivity index (χ0n) is 17.8. The van der Waals surface area contributed by atoms with E-state index in [1.165, 1.54) is 12.2 Å². The normalized spacial score (nSPS) is 51.7. The zero-order valence-corrected chi connectivity index (χ0v) is 17.8. The average molecular weight is 434 g/mol. The second-order valence-electron chi connectivity index (χ2n) is 10.2. The number of carbonyl (C=O) groups is 3. The van der Waals surface area contributed by atoms with Crippen molar-refractivity contribution in [1.82, 2.24) is 0 Å². The van der Waals surface area contributed by atoms with Gasteiger partial charge in [-0.3, -0.25) is 14.4 Å². The van der Waals surface area contributed by atoms with Crippen LogP contribution in [-0.2, 0) is 23.9 Å². The number of epoxide rings is 1. The Bertz CT molecular complexity index is 958. The molecular formula is C23H27FO7. The van der Waals surface area contributed by atoms with Crippen molar-refractivity contribution in [1.29, 1.82) is 0 Å². The molecule has 1 aliphatic heterocycles. The van der Waals surface area contributed by atoms with Crippen LogP contribution in [0.2, 0.25) is 0 Å². The van der Waals surface area contributed by atoms with Gasteiger partial charge in [-0.2, -0.15) is 0 Å². The van der Waals surface area contributed by atoms with Gasteiger partial charge in [0.15, 0.2) is 18.0 Å². The lowest BCUT2D eigenvalue weighted by Crippen LogP contribution is -2.64. The Morgan fingerprint density at radius 3 is 2.68 bits per heavy atom. The number of hydrogen-bond acceptors (Lipinski definition) is 7. The molecule has 9 atom stereocenters. The number of ketones is 2. The van der Waals surface area contributed by atoms with Gasteiger partial charge in [0.1, 0.15) is 11.8 Å². The van der Waals surface area contributed by atoms with Gasteiger partial charge in [0.2, 0.25) is 5.78 Å². The zero-order chi connectivity index (χ0) is 22.6. The van der Waals surface area contributed by atoms with Crippen molar-refractivity contribution < 1.29 is 38.5 Å². The van der Waals surface area contributed by atoms with Crippen LogP contribution in [0.25, 0.3) is 0 Å². The van der Waals surface area contributed by atoms with Crippen molar-refractivity contribution in [3.8, 4) is 0 Å². The highest BCUT2D eigenvalue weighted by Gasteiger charge is 2.83. The lowest BCUT2D eigenvalue weighted by molar-refractivity contribution is -0.178. The summed E-state index contributed by atoms with van der Waals surface area (Å²) in [6.07, 6.45) is 2.00. The summed E-state index contributed by atoms with van der Waals surface area (Å²) in [4.78, 5) is 36.0. The van der Waals surface area contributed by atoms with Crippen LogP contribution in [0.4, 0.5) is 4.39 Å². The van der Waals surface area contributed by atoms with Crippen LogP contribution in [0.1, 0.15) is 40.0 Å². The lowest BCUT2D eigenvalue weighted by Gasteiger charge is -2.56. The van der Waals surface area contributed by atoms with Gasteiger partial charge in [-0.15, -0.1) is 0 Å². The molecule has 168 valence electrons. The van der Waals surface area contributed by atoms with Crippen molar-refractivity contribution in [3.05, 3.63) is 23.8 Å². The first-order valence-electron chi connectivity index (χ1n) is 10.8. The van der Waals surface area contributed by atoms with Gasteiger partial charge < -0.3 is 19.7 Å². The van der Waals surface area contributed by atoms with Gasteiger partial charge in [0, 0.05) is 17.8 Å². The van der Waals surface area contributed by atoms with E-state index in [0.29, 0.717) is 12.0 Å². The predicted molar refractivity (Wildman–Crippen MR) is 104 cm³/mol. The van der Waals surface area contributed by atoms with Gasteiger partial charge in [0.05, 0.1) is 12.2 Å². The van der Waals surface area contributed by atoms with Crippen molar-refractivity contribution in [3.63, 3.8) is 0 Å². The molecule has 0 radical (unpaired) electrons. The monoisotopic (exact) mass is 434 g/mol. The van der Waals surface area contributed by atoms with E-state index in [1.807, 2.05) is 6.92 Å². The quantitative estimate of drug-likeness (QED) is 0.507. The Hall–Kier alpha value is -1.90. The minimum Gasteiger partial charge on any atom is -0.458 e. The van der Waals surface area contributed by atoms with Gasteiger partial charge in [-0.25, -0.2) is 4.39 Å². The molecule has 8 heteroatoms. The minimum atomic E-state index is -2.12. The first-order valence-corrected chi connectivity index (χ1v) is 10.8. The summed E-state index contributed by atoms with van der Waals surface area (Å²) in [5.41, 5.74) is -4.30. The molecule has 0 bridgehead atoms. The van der Waals surface area contributed by atoms with E-state index >= 15 is 4.39 Å². The maximum Gasteiger partial charge on any atom is 0.303 e. The smallest absolute Gasteiger partial charge is 0.303 e. The van der Waals surface area contributed by atoms with E-state index in [2.05, 4.69) is 0 Å². The second-order valence-corrected chi connectivity index (χ2v) is 10.2. The summed E-state index contributed by atoms with van der Waals surface area (Å²) in [6, 6.07) is 0. The number of aliphatic hydroxyl groups is 2. The van der Waals surface area contributed by atoms with Crippen LogP contribution in [0.15, 0.2) is 23.8 Å². The number of ether oxygens (including phenoxy) is 2. The van der Waals surface area contributed by atoms with Crippen molar-refractivity contribution >= 4 is 17.5 Å². The number of alkyl halides is 1. The molecule has 2 N–H and O–H groups in total. The molecule has 1 spiro atoms. The topological polar surface area (TPSA) is 113 Å². The molecule has 0 aromatic carbocycles. The summed E-state index contributed by atoms with van der Waals surface area (Å²) < 4.78 is 26.5. The number of esters is 1. The van der Waals surface area contributed by atoms with Crippen molar-refractivity contribution in [2.45, 2.75) is 69.6 Å². The van der Waals surface area contributed by atoms with E-state index in [-0.39, 0.29) is 36.6 Å². The van der Waals surface area contributed by atoms with Crippen LogP contribution in [0.3, 0.4) is 0 Å². The molecular weight excluding hydrogens is 407 g/mol. The summed E-state index contributed by atoms with van der Waals surface area (Å²) in [5.74, 6) is -2.38. The highest BCUT2D eigenvalue weighted by Crippen LogP contribution is 2.76. The van der Waals surface area contributed by atoms with E-state index in [1.54, 1.807) is 13.0 Å². The SMILES string of the molecule is CC(=O)OCC(=O)[C@@]1(O)[C@H](O)CC2C3C[C@H](F)C4=CC(=O)C=C[C@]4(C)C34OC4C[C@@]21C. The Kier molecular flexibility index (Phi) is 4.14. The fourth-order valence-corrected chi connectivity index (χ4v) is 7.44. The fraction of sp³-hybridized carbons (Fsp3) is 0.696. The van der Waals surface area contributed by atoms with Crippen molar-refractivity contribution in [2.24, 2.45) is 22.7 Å². The van der Waals surface area contributed by atoms with Gasteiger partial charge in [-0.1, -0.05) is 13.0 Å². The lowest BCUT2D eigenvalue weighted by atomic mass is 9.46. The van der Waals surface area contributed by atoms with Crippen LogP contribution in [-0.4, -0.2) is 63.9 Å². The van der Waals surface area contributed by atoms with Gasteiger partial charge >= 0.3 is 5.97 Å². The number of allylic oxidation sites excluding steroid dienone is 2. The number of aliphatic hydroxyl groups excluding tert-OH is 1. The van der Waals surface area contributed by atoms with E-state index in [0.717, 1.165) is 6.92 Å². The van der Waals surface area contributed by atoms with Gasteiger partial charge in [0.25, 0.3) is 0 Å². The molecule has 7 nitrogen and oxygen atoms in total. The Morgan fingerprint density at radius 1 is 1.29 bits per heavy atom. The number of carbonyl (C=O) groups excluding carboxylic acids is 3. The third-order valence-corrected chi connectivity index (χ3v) is 8.97. The molecule has 5 aliphatic rings. The third kappa shape index (κ3) is 2.31. The van der Waals surface area contributed by atoms with E-state index in [4.69, 9.17) is 9.47 Å². The number of halogens is 1. The maximum absolute atomic E-state index is 15.4. The molecule has 1 heterocycles. The Labute approximate surface area is 179 Å². The Balaban J connectivity index is 1.55. The van der Waals surface area contributed by atoms with Crippen LogP contribution in [0, 0.1) is 22.7 Å². The highest BCUT2D eigenvalue weighted by molar-refractivity contribution is 6.01. The summed E-state index contributed by atoms with van der Waals surface area (Å²) >= 11 is 0. The van der Waals surface area contributed by atoms with Crippen molar-refractivity contribution in [2.75, 3.05) is 6.61 Å². The Morgan fingerprint density at radius 2 is 2.00 bits per heavy atom. The molecule has 1 saturated heterocycles. The molecule has 0 aromatic heterocycles. The van der Waals surface area contributed by atoms with E-state index in [9.17, 15) is 24.6 Å². The number of hydrogen-bond donors (Lipinski definition) is 2. The molecule has 4 aliphatic carbocycles. The molecule has 4 unspecified atom stereocenters. The molecule has 0 aromatic rings. The number of rotatable bonds is 3. The number of Topliss-reactive ketones (excluding diaryl/α,β-unsaturated/α-hetero) is 1. The maximum atomic E-state index is 15.4. The fourth-order valence-electron chi connectivity index (χ4n) is 7.44. The summed E-state index contributed by atoms with van der Waals surface area (Å²) in [7, 11) is 0. The molecule has 5 rings (SSSR count). The highest BCUT2D eigenvalue weighted by atomic mass is 19.1. The predicted octanol–water partition coefficient (Wildman–Crippen LogP) is 1.21. The third-order valence-electron chi connectivity index (χ3n) is 8.97. The first kappa shape index (κ1) is 21.0. The van der Waals surface area contributed by atoms with Gasteiger partial charge in [-0.05, 0) is 55.7 Å². The summed E-state index contributed by atoms with van der Waals surface area (Å²) in [5, 5.41) is 22.4. The van der Waals surface area contributed by atoms with Crippen LogP contribution < -0.4 is 0 Å². The first-order chi connectivity index (χ1) is 14.4. The van der Waals surface area contributed by atoms with Crippen LogP contribution >= 0.6 is 0 Å². The average Bonchev–Trinajstić information content (AvgIpc) is 3.38. The van der Waals surface area contributed by atoms with E-state index < -0.39 is 52.7 Å². The summed E-state index contributed by atoms with van der Waals surface area (Å²) in [6.45, 7) is 4.16.